The van der Waals surface area contributed by atoms with Crippen molar-refractivity contribution in [2.24, 2.45) is 23.7 Å². The second kappa shape index (κ2) is 10.0. The molecule has 0 aromatic heterocycles. The smallest absolute Gasteiger partial charge is 0.272 e. The highest BCUT2D eigenvalue weighted by atomic mass is 32.2. The van der Waals surface area contributed by atoms with Gasteiger partial charge in [0.25, 0.3) is 23.6 Å². The van der Waals surface area contributed by atoms with Crippen LogP contribution in [0, 0.1) is 23.7 Å². The zero-order valence-corrected chi connectivity index (χ0v) is 24.2. The summed E-state index contributed by atoms with van der Waals surface area (Å²) >= 11 is 0. The molecule has 4 aromatic rings. The van der Waals surface area contributed by atoms with Gasteiger partial charge in [-0.15, -0.1) is 18.7 Å². The van der Waals surface area contributed by atoms with E-state index in [-0.39, 0.29) is 32.8 Å². The maximum atomic E-state index is 13.2. The molecule has 3 fully saturated rings. The van der Waals surface area contributed by atoms with Crippen LogP contribution in [-0.4, -0.2) is 50.6 Å². The van der Waals surface area contributed by atoms with Gasteiger partial charge < -0.3 is 0 Å². The molecule has 2 saturated heterocycles. The van der Waals surface area contributed by atoms with Gasteiger partial charge in [-0.3, -0.25) is 19.2 Å². The Balaban J connectivity index is 1.09. The van der Waals surface area contributed by atoms with Crippen molar-refractivity contribution in [2.75, 3.05) is 0 Å². The quantitative estimate of drug-likeness (QED) is 0.288. The van der Waals surface area contributed by atoms with Crippen molar-refractivity contribution < 1.29 is 44.6 Å². The van der Waals surface area contributed by atoms with E-state index >= 15 is 0 Å². The lowest BCUT2D eigenvalue weighted by molar-refractivity contribution is -0.166. The van der Waals surface area contributed by atoms with E-state index in [0.717, 1.165) is 10.8 Å². The minimum atomic E-state index is -4.60. The Morgan fingerprint density at radius 1 is 0.477 bits per heavy atom. The molecule has 224 valence electrons. The van der Waals surface area contributed by atoms with Gasteiger partial charge in [0, 0.05) is 0 Å². The van der Waals surface area contributed by atoms with Gasteiger partial charge in [-0.2, -0.15) is 16.8 Å². The highest BCUT2D eigenvalue weighted by Gasteiger charge is 2.61. The van der Waals surface area contributed by atoms with Crippen molar-refractivity contribution in [3.8, 4) is 0 Å². The average molecular weight is 635 g/mol. The summed E-state index contributed by atoms with van der Waals surface area (Å²) in [6.07, 6.45) is -0.591. The number of amides is 4. The van der Waals surface area contributed by atoms with E-state index in [0.29, 0.717) is 10.8 Å². The molecule has 4 atom stereocenters. The predicted octanol–water partition coefficient (Wildman–Crippen LogP) is 2.93. The molecule has 4 aromatic carbocycles. The Bertz CT molecular complexity index is 1950. The summed E-state index contributed by atoms with van der Waals surface area (Å²) < 4.78 is 62.2. The van der Waals surface area contributed by atoms with Gasteiger partial charge in [-0.1, -0.05) is 60.7 Å². The Morgan fingerprint density at radius 3 is 1.14 bits per heavy atom. The van der Waals surface area contributed by atoms with Crippen LogP contribution in [0.25, 0.3) is 21.5 Å². The number of fused-ring (bicyclic) bond motifs is 4. The molecule has 0 N–H and O–H groups in total. The number of benzene rings is 4. The first-order chi connectivity index (χ1) is 20.9. The number of hydroxylamine groups is 4. The molecule has 2 aliphatic heterocycles. The van der Waals surface area contributed by atoms with Gasteiger partial charge >= 0.3 is 20.2 Å². The first kappa shape index (κ1) is 28.3. The molecule has 0 spiro atoms. The van der Waals surface area contributed by atoms with Crippen molar-refractivity contribution in [1.29, 1.82) is 0 Å². The van der Waals surface area contributed by atoms with E-state index in [9.17, 15) is 36.0 Å². The Kier molecular flexibility index (Phi) is 6.44. The van der Waals surface area contributed by atoms with E-state index in [4.69, 9.17) is 8.57 Å². The summed E-state index contributed by atoms with van der Waals surface area (Å²) in [7, 11) is -9.20. The average Bonchev–Trinajstić information content (AvgIpc) is 3.38. The SMILES string of the molecule is O=C1C2CC3C(=O)N(OS(=O)(=O)c4ccc5ccccc5c4)C(=O)C3CC2C(=O)N1OS(=O)(=O)c1ccc2ccccc2c1. The number of hydrogen-bond donors (Lipinski definition) is 0. The Morgan fingerprint density at radius 2 is 0.795 bits per heavy atom. The van der Waals surface area contributed by atoms with Gasteiger partial charge in [-0.05, 0) is 58.7 Å². The summed E-state index contributed by atoms with van der Waals surface area (Å²) in [5, 5.41) is 3.13. The fraction of sp³-hybridized carbons (Fsp3) is 0.200. The zero-order chi connectivity index (χ0) is 31.0. The number of rotatable bonds is 6. The molecule has 4 amide bonds. The van der Waals surface area contributed by atoms with Gasteiger partial charge in [-0.25, -0.2) is 0 Å². The minimum absolute atomic E-state index is 0.189. The van der Waals surface area contributed by atoms with E-state index in [1.165, 1.54) is 24.3 Å². The van der Waals surface area contributed by atoms with Crippen molar-refractivity contribution >= 4 is 65.4 Å². The third kappa shape index (κ3) is 4.49. The normalized spacial score (nSPS) is 23.9. The van der Waals surface area contributed by atoms with Crippen molar-refractivity contribution in [3.05, 3.63) is 84.9 Å². The van der Waals surface area contributed by atoms with E-state index < -0.39 is 67.5 Å². The van der Waals surface area contributed by atoms with Crippen LogP contribution in [0.4, 0.5) is 0 Å². The van der Waals surface area contributed by atoms with E-state index in [1.54, 1.807) is 60.7 Å². The first-order valence-corrected chi connectivity index (χ1v) is 16.4. The molecule has 12 nitrogen and oxygen atoms in total. The van der Waals surface area contributed by atoms with Crippen LogP contribution in [0.15, 0.2) is 94.7 Å². The van der Waals surface area contributed by atoms with Crippen molar-refractivity contribution in [1.82, 2.24) is 10.1 Å². The standard InChI is InChI=1S/C30H22N2O10S2/c33-27-23-15-25-26(30(36)32(29(25)35)42-44(39,40)22-12-10-18-6-2-4-8-20(18)14-22)16-24(23)28(34)31(27)41-43(37,38)21-11-9-17-5-1-3-7-19(17)13-21/h1-14,23-26H,15-16H2. The number of imide groups is 2. The molecule has 14 heteroatoms. The zero-order valence-electron chi connectivity index (χ0n) is 22.6. The Labute approximate surface area is 250 Å². The fourth-order valence-electron chi connectivity index (χ4n) is 6.19. The van der Waals surface area contributed by atoms with Gasteiger partial charge in [0.05, 0.1) is 33.5 Å². The lowest BCUT2D eigenvalue weighted by Crippen LogP contribution is -2.35. The van der Waals surface area contributed by atoms with E-state index in [1.807, 2.05) is 0 Å². The molecule has 44 heavy (non-hydrogen) atoms. The molecule has 1 saturated carbocycles. The van der Waals surface area contributed by atoms with Gasteiger partial charge in [0.15, 0.2) is 0 Å². The van der Waals surface area contributed by atoms with Crippen LogP contribution in [0.3, 0.4) is 0 Å². The summed E-state index contributed by atoms with van der Waals surface area (Å²) in [5.41, 5.74) is 0. The Hall–Kier alpha value is -4.50. The monoisotopic (exact) mass is 634 g/mol. The maximum Gasteiger partial charge on any atom is 0.318 e. The fourth-order valence-corrected chi connectivity index (χ4v) is 8.06. The summed E-state index contributed by atoms with van der Waals surface area (Å²) in [4.78, 5) is 52.4. The lowest BCUT2D eigenvalue weighted by atomic mass is 9.70. The van der Waals surface area contributed by atoms with E-state index in [2.05, 4.69) is 0 Å². The van der Waals surface area contributed by atoms with Gasteiger partial charge in [0.2, 0.25) is 0 Å². The molecule has 0 radical (unpaired) electrons. The van der Waals surface area contributed by atoms with Crippen LogP contribution in [0.5, 0.6) is 0 Å². The largest absolute Gasteiger partial charge is 0.318 e. The first-order valence-electron chi connectivity index (χ1n) is 13.6. The number of carbonyl (C=O) groups excluding carboxylic acids is 4. The molecule has 0 bridgehead atoms. The topological polar surface area (TPSA) is 161 Å². The number of carbonyl (C=O) groups is 4. The number of nitrogens with zero attached hydrogens (tertiary/aromatic N) is 2. The molecule has 1 aliphatic carbocycles. The third-order valence-corrected chi connectivity index (χ3v) is 10.8. The number of hydrogen-bond acceptors (Lipinski definition) is 10. The van der Waals surface area contributed by atoms with Gasteiger partial charge in [0.1, 0.15) is 0 Å². The van der Waals surface area contributed by atoms with Crippen molar-refractivity contribution in [3.63, 3.8) is 0 Å². The third-order valence-electron chi connectivity index (χ3n) is 8.42. The van der Waals surface area contributed by atoms with Crippen LogP contribution in [0.2, 0.25) is 0 Å². The second-order valence-corrected chi connectivity index (χ2v) is 14.0. The second-order valence-electron chi connectivity index (χ2n) is 10.9. The molecular formula is C30H22N2O10S2. The molecule has 4 unspecified atom stereocenters. The van der Waals surface area contributed by atoms with Crippen LogP contribution in [0.1, 0.15) is 12.8 Å². The predicted molar refractivity (Wildman–Crippen MR) is 151 cm³/mol. The van der Waals surface area contributed by atoms with Crippen LogP contribution >= 0.6 is 0 Å². The highest BCUT2D eigenvalue weighted by molar-refractivity contribution is 7.87. The lowest BCUT2D eigenvalue weighted by Gasteiger charge is -2.27. The van der Waals surface area contributed by atoms with Crippen LogP contribution in [-0.2, 0) is 48.0 Å². The molecule has 2 heterocycles. The maximum absolute atomic E-state index is 13.2. The van der Waals surface area contributed by atoms with Crippen LogP contribution < -0.4 is 0 Å². The van der Waals surface area contributed by atoms with Crippen molar-refractivity contribution in [2.45, 2.75) is 22.6 Å². The summed E-state index contributed by atoms with van der Waals surface area (Å²) in [6, 6.07) is 22.4. The molecular weight excluding hydrogens is 612 g/mol. The summed E-state index contributed by atoms with van der Waals surface area (Å²) in [5.74, 6) is -8.46. The summed E-state index contributed by atoms with van der Waals surface area (Å²) in [6.45, 7) is 0. The molecule has 7 rings (SSSR count). The minimum Gasteiger partial charge on any atom is -0.272 e. The molecule has 3 aliphatic rings. The highest BCUT2D eigenvalue weighted by Crippen LogP contribution is 2.48.